The maximum Gasteiger partial charge on any atom is 0.167 e. The first kappa shape index (κ1) is 15.7. The summed E-state index contributed by atoms with van der Waals surface area (Å²) in [5.41, 5.74) is 6.05. The molecule has 2 aliphatic rings. The third-order valence-electron chi connectivity index (χ3n) is 5.03. The second-order valence-corrected chi connectivity index (χ2v) is 6.59. The van der Waals surface area contributed by atoms with Crippen LogP contribution in [0.3, 0.4) is 0 Å². The van der Waals surface area contributed by atoms with E-state index in [0.29, 0.717) is 11.2 Å². The van der Waals surface area contributed by atoms with Crippen LogP contribution in [-0.2, 0) is 4.74 Å². The molecule has 3 heterocycles. The Kier molecular flexibility index (Phi) is 3.68. The molecule has 0 bridgehead atoms. The number of nitrogens with zero attached hydrogens (tertiary/aromatic N) is 4. The van der Waals surface area contributed by atoms with E-state index in [0.717, 1.165) is 25.9 Å². The molecule has 2 aromatic rings. The maximum absolute atomic E-state index is 10.5. The molecule has 0 aromatic carbocycles. The minimum absolute atomic E-state index is 0.188. The Labute approximate surface area is 138 Å². The first-order chi connectivity index (χ1) is 11.6. The number of anilines is 1. The summed E-state index contributed by atoms with van der Waals surface area (Å²) in [6.07, 6.45) is 1.91. The van der Waals surface area contributed by atoms with Crippen molar-refractivity contribution >= 4 is 17.0 Å². The monoisotopic (exact) mass is 334 g/mol. The zero-order valence-corrected chi connectivity index (χ0v) is 13.5. The van der Waals surface area contributed by atoms with Crippen molar-refractivity contribution in [1.82, 2.24) is 24.8 Å². The molecule has 0 amide bonds. The fourth-order valence-corrected chi connectivity index (χ4v) is 3.62. The first-order valence-electron chi connectivity index (χ1n) is 8.26. The number of hydrogen-bond acceptors (Lipinski definition) is 8. The molecule has 1 spiro atoms. The molecule has 2 unspecified atom stereocenters. The SMILES string of the molecule is CCCNC[C@@H]1C[C@@]12OC(n1cnc3c(N)ncnc31)C(O)[C@H]2O. The third-order valence-corrected chi connectivity index (χ3v) is 5.03. The maximum atomic E-state index is 10.5. The summed E-state index contributed by atoms with van der Waals surface area (Å²) in [5, 5.41) is 24.4. The van der Waals surface area contributed by atoms with Crippen LogP contribution in [0.1, 0.15) is 26.0 Å². The van der Waals surface area contributed by atoms with Gasteiger partial charge in [-0.1, -0.05) is 6.92 Å². The molecule has 1 saturated heterocycles. The van der Waals surface area contributed by atoms with Crippen molar-refractivity contribution in [3.05, 3.63) is 12.7 Å². The van der Waals surface area contributed by atoms with Gasteiger partial charge >= 0.3 is 0 Å². The number of aliphatic hydroxyl groups excluding tert-OH is 2. The van der Waals surface area contributed by atoms with Crippen molar-refractivity contribution in [2.24, 2.45) is 5.92 Å². The number of ether oxygens (including phenoxy) is 1. The van der Waals surface area contributed by atoms with E-state index in [1.807, 2.05) is 0 Å². The minimum Gasteiger partial charge on any atom is -0.387 e. The van der Waals surface area contributed by atoms with Crippen LogP contribution in [0.5, 0.6) is 0 Å². The zero-order valence-electron chi connectivity index (χ0n) is 13.5. The lowest BCUT2D eigenvalue weighted by molar-refractivity contribution is -0.0530. The number of nitrogen functional groups attached to an aromatic ring is 1. The van der Waals surface area contributed by atoms with Crippen LogP contribution >= 0.6 is 0 Å². The van der Waals surface area contributed by atoms with Crippen LogP contribution in [0.25, 0.3) is 11.2 Å². The average Bonchev–Trinajstić information content (AvgIpc) is 2.99. The molecule has 130 valence electrons. The molecule has 5 N–H and O–H groups in total. The van der Waals surface area contributed by atoms with Gasteiger partial charge < -0.3 is 26.0 Å². The summed E-state index contributed by atoms with van der Waals surface area (Å²) in [4.78, 5) is 12.3. The van der Waals surface area contributed by atoms with Crippen molar-refractivity contribution < 1.29 is 14.9 Å². The van der Waals surface area contributed by atoms with Gasteiger partial charge in [-0.15, -0.1) is 0 Å². The molecular formula is C15H22N6O3. The van der Waals surface area contributed by atoms with E-state index in [9.17, 15) is 10.2 Å². The zero-order chi connectivity index (χ0) is 16.9. The van der Waals surface area contributed by atoms with Crippen molar-refractivity contribution in [2.75, 3.05) is 18.8 Å². The highest BCUT2D eigenvalue weighted by atomic mass is 16.6. The van der Waals surface area contributed by atoms with Crippen LogP contribution in [-0.4, -0.2) is 60.6 Å². The van der Waals surface area contributed by atoms with Crippen LogP contribution in [0, 0.1) is 5.92 Å². The molecule has 2 aromatic heterocycles. The van der Waals surface area contributed by atoms with Crippen molar-refractivity contribution in [3.63, 3.8) is 0 Å². The molecular weight excluding hydrogens is 312 g/mol. The predicted octanol–water partition coefficient (Wildman–Crippen LogP) is -0.583. The fourth-order valence-electron chi connectivity index (χ4n) is 3.62. The van der Waals surface area contributed by atoms with Gasteiger partial charge in [-0.3, -0.25) is 4.57 Å². The van der Waals surface area contributed by atoms with Crippen molar-refractivity contribution in [3.8, 4) is 0 Å². The van der Waals surface area contributed by atoms with E-state index in [1.54, 1.807) is 4.57 Å². The molecule has 5 atom stereocenters. The lowest BCUT2D eigenvalue weighted by Gasteiger charge is -2.16. The Morgan fingerprint density at radius 2 is 2.25 bits per heavy atom. The van der Waals surface area contributed by atoms with Gasteiger partial charge in [0.2, 0.25) is 0 Å². The highest BCUT2D eigenvalue weighted by Gasteiger charge is 2.68. The minimum atomic E-state index is -1.05. The second kappa shape index (κ2) is 5.62. The number of aliphatic hydroxyl groups is 2. The molecule has 9 heteroatoms. The lowest BCUT2D eigenvalue weighted by Crippen LogP contribution is -2.35. The number of hydrogen-bond donors (Lipinski definition) is 4. The Hall–Kier alpha value is -1.81. The van der Waals surface area contributed by atoms with Gasteiger partial charge in [0, 0.05) is 12.5 Å². The standard InChI is InChI=1S/C15H22N6O3/c1-2-3-17-5-8-4-15(8)11(23)10(22)14(24-15)21-7-20-9-12(16)18-6-19-13(9)21/h6-8,10-11,14,17,22-23H,2-5H2,1H3,(H2,16,18,19)/t8-,10?,11+,14?,15+/m0/s1. The van der Waals surface area contributed by atoms with E-state index >= 15 is 0 Å². The summed E-state index contributed by atoms with van der Waals surface area (Å²) in [5.74, 6) is 0.461. The molecule has 1 aliphatic heterocycles. The molecule has 1 saturated carbocycles. The van der Waals surface area contributed by atoms with Crippen molar-refractivity contribution in [1.29, 1.82) is 0 Å². The number of rotatable bonds is 5. The summed E-state index contributed by atoms with van der Waals surface area (Å²) in [6.45, 7) is 3.80. The Morgan fingerprint density at radius 1 is 1.42 bits per heavy atom. The highest BCUT2D eigenvalue weighted by molar-refractivity contribution is 5.81. The number of nitrogens with one attached hydrogen (secondary N) is 1. The number of aromatic nitrogens is 4. The summed E-state index contributed by atoms with van der Waals surface area (Å²) in [7, 11) is 0. The predicted molar refractivity (Wildman–Crippen MR) is 85.9 cm³/mol. The number of imidazole rings is 1. The van der Waals surface area contributed by atoms with Gasteiger partial charge in [0.15, 0.2) is 17.7 Å². The fraction of sp³-hybridized carbons (Fsp3) is 0.667. The van der Waals surface area contributed by atoms with E-state index in [2.05, 4.69) is 27.2 Å². The van der Waals surface area contributed by atoms with Gasteiger partial charge in [0.1, 0.15) is 29.7 Å². The quantitative estimate of drug-likeness (QED) is 0.534. The van der Waals surface area contributed by atoms with E-state index < -0.39 is 24.0 Å². The van der Waals surface area contributed by atoms with Crippen LogP contribution in [0.2, 0.25) is 0 Å². The van der Waals surface area contributed by atoms with Crippen LogP contribution in [0.15, 0.2) is 12.7 Å². The van der Waals surface area contributed by atoms with Crippen LogP contribution < -0.4 is 11.1 Å². The highest BCUT2D eigenvalue weighted by Crippen LogP contribution is 2.57. The summed E-state index contributed by atoms with van der Waals surface area (Å²) >= 11 is 0. The molecule has 2 fully saturated rings. The summed E-state index contributed by atoms with van der Waals surface area (Å²) < 4.78 is 7.72. The normalized spacial score (nSPS) is 35.1. The molecule has 24 heavy (non-hydrogen) atoms. The third kappa shape index (κ3) is 2.20. The molecule has 9 nitrogen and oxygen atoms in total. The van der Waals surface area contributed by atoms with Crippen molar-refractivity contribution in [2.45, 2.75) is 43.8 Å². The van der Waals surface area contributed by atoms with E-state index in [1.165, 1.54) is 12.7 Å². The number of nitrogens with two attached hydrogens (primary N) is 1. The summed E-state index contributed by atoms with van der Waals surface area (Å²) in [6, 6.07) is 0. The Balaban J connectivity index is 1.58. The lowest BCUT2D eigenvalue weighted by atomic mass is 10.1. The van der Waals surface area contributed by atoms with Gasteiger partial charge in [0.25, 0.3) is 0 Å². The van der Waals surface area contributed by atoms with Crippen LogP contribution in [0.4, 0.5) is 5.82 Å². The second-order valence-electron chi connectivity index (χ2n) is 6.59. The van der Waals surface area contributed by atoms with E-state index in [4.69, 9.17) is 10.5 Å². The molecule has 1 aliphatic carbocycles. The van der Waals surface area contributed by atoms with Gasteiger partial charge in [0.05, 0.1) is 6.33 Å². The smallest absolute Gasteiger partial charge is 0.167 e. The first-order valence-corrected chi connectivity index (χ1v) is 8.26. The van der Waals surface area contributed by atoms with E-state index in [-0.39, 0.29) is 11.7 Å². The Morgan fingerprint density at radius 3 is 3.04 bits per heavy atom. The van der Waals surface area contributed by atoms with Gasteiger partial charge in [-0.05, 0) is 19.4 Å². The number of fused-ring (bicyclic) bond motifs is 1. The average molecular weight is 334 g/mol. The molecule has 4 rings (SSSR count). The molecule has 0 radical (unpaired) electrons. The largest absolute Gasteiger partial charge is 0.387 e. The Bertz CT molecular complexity index is 752. The van der Waals surface area contributed by atoms with Gasteiger partial charge in [-0.2, -0.15) is 0 Å². The topological polar surface area (TPSA) is 131 Å². The van der Waals surface area contributed by atoms with Gasteiger partial charge in [-0.25, -0.2) is 15.0 Å².